The molecule has 4 aromatic carbocycles. The quantitative estimate of drug-likeness (QED) is 0.0615. The Balaban J connectivity index is 1.09. The maximum absolute atomic E-state index is 11.5. The summed E-state index contributed by atoms with van der Waals surface area (Å²) in [5, 5.41) is 15.9. The van der Waals surface area contributed by atoms with Gasteiger partial charge in [0.1, 0.15) is 12.2 Å². The fourth-order valence-electron chi connectivity index (χ4n) is 9.35. The summed E-state index contributed by atoms with van der Waals surface area (Å²) in [5.74, 6) is 0. The zero-order valence-electron chi connectivity index (χ0n) is 37.7. The molecule has 0 aromatic heterocycles. The van der Waals surface area contributed by atoms with Crippen LogP contribution < -0.4 is 20.7 Å². The number of aliphatic hydroxyl groups excluding tert-OH is 1. The van der Waals surface area contributed by atoms with Crippen LogP contribution in [0.25, 0.3) is 0 Å². The molecule has 6 rings (SSSR count). The third-order valence-corrected chi connectivity index (χ3v) is 22.4. The molecule has 8 nitrogen and oxygen atoms in total. The Morgan fingerprint density at radius 2 is 0.934 bits per heavy atom. The minimum absolute atomic E-state index is 0.192. The fraction of sp³-hybridized carbons (Fsp3) is 0.490. The predicted molar refractivity (Wildman–Crippen MR) is 250 cm³/mol. The first-order valence-electron chi connectivity index (χ1n) is 22.2. The number of ether oxygens (including phenoxy) is 5. The number of aliphatic hydroxyl groups is 1. The molecule has 0 aliphatic carbocycles. The van der Waals surface area contributed by atoms with Gasteiger partial charge in [-0.1, -0.05) is 169 Å². The van der Waals surface area contributed by atoms with Crippen LogP contribution in [0.2, 0.25) is 10.1 Å². The van der Waals surface area contributed by atoms with Gasteiger partial charge in [-0.15, -0.1) is 6.58 Å². The van der Waals surface area contributed by atoms with Gasteiger partial charge in [-0.2, -0.15) is 0 Å². The Labute approximate surface area is 367 Å². The summed E-state index contributed by atoms with van der Waals surface area (Å²) in [4.78, 5) is 0. The maximum Gasteiger partial charge on any atom is 0.261 e. The number of hydrogen-bond acceptors (Lipinski definition) is 8. The Morgan fingerprint density at radius 3 is 1.31 bits per heavy atom. The summed E-state index contributed by atoms with van der Waals surface area (Å²) in [5.41, 5.74) is 0. The van der Waals surface area contributed by atoms with E-state index >= 15 is 0 Å². The molecule has 2 heterocycles. The smallest absolute Gasteiger partial charge is 0.261 e. The van der Waals surface area contributed by atoms with Gasteiger partial charge in [-0.3, -0.25) is 0 Å². The first kappa shape index (κ1) is 47.2. The molecule has 10 heteroatoms. The Kier molecular flexibility index (Phi) is 16.2. The van der Waals surface area contributed by atoms with Crippen LogP contribution in [-0.2, 0) is 32.5 Å². The molecular formula is C51H70O8Si2. The van der Waals surface area contributed by atoms with Gasteiger partial charge in [-0.25, -0.2) is 0 Å². The lowest BCUT2D eigenvalue weighted by atomic mass is 10.0. The standard InChI is InChI=1S/C51H70O8Si2/c1-10-33-55-49-39(3)57-47(37-45(49)59-61(51(7,8)9,42-29-19-13-20-30-42)43-31-21-14-22-32-43)54-35-24-23-34-53-46-36-44(48(52)38(2)56-46)58-60(50(4,5)6,40-25-15-11-16-26-40)41-27-17-12-18-28-41/h10-22,25-32,38-39,44-49,52H,1,23-24,33-37H2,2-9H3/t38-,39-,44-,45-,46+,47+,48-,49-/m0/s1. The molecule has 2 aliphatic rings. The average molecular weight is 867 g/mol. The van der Waals surface area contributed by atoms with E-state index in [1.165, 1.54) is 20.7 Å². The first-order chi connectivity index (χ1) is 29.2. The van der Waals surface area contributed by atoms with Crippen LogP contribution in [0.1, 0.15) is 81.1 Å². The topological polar surface area (TPSA) is 84.8 Å². The molecule has 0 amide bonds. The predicted octanol–water partition coefficient (Wildman–Crippen LogP) is 7.89. The second kappa shape index (κ2) is 20.9. The number of rotatable bonds is 18. The third kappa shape index (κ3) is 10.8. The van der Waals surface area contributed by atoms with Gasteiger partial charge >= 0.3 is 0 Å². The van der Waals surface area contributed by atoms with Crippen molar-refractivity contribution in [2.24, 2.45) is 0 Å². The van der Waals surface area contributed by atoms with Crippen LogP contribution in [0.3, 0.4) is 0 Å². The van der Waals surface area contributed by atoms with Crippen LogP contribution in [-0.4, -0.2) is 90.8 Å². The number of hydrogen-bond donors (Lipinski definition) is 1. The van der Waals surface area contributed by atoms with Crippen LogP contribution >= 0.6 is 0 Å². The molecule has 0 bridgehead atoms. The van der Waals surface area contributed by atoms with E-state index in [0.29, 0.717) is 32.7 Å². The molecule has 1 N–H and O–H groups in total. The van der Waals surface area contributed by atoms with E-state index in [1.807, 2.05) is 26.0 Å². The van der Waals surface area contributed by atoms with E-state index in [-0.39, 0.29) is 28.4 Å². The Bertz CT molecular complexity index is 1820. The van der Waals surface area contributed by atoms with E-state index in [0.717, 1.165) is 12.8 Å². The lowest BCUT2D eigenvalue weighted by Gasteiger charge is -2.49. The van der Waals surface area contributed by atoms with E-state index in [2.05, 4.69) is 157 Å². The molecule has 2 saturated heterocycles. The van der Waals surface area contributed by atoms with Gasteiger partial charge in [-0.05, 0) is 57.5 Å². The van der Waals surface area contributed by atoms with Crippen molar-refractivity contribution in [2.45, 2.75) is 140 Å². The molecule has 0 saturated carbocycles. The summed E-state index contributed by atoms with van der Waals surface area (Å²) in [7, 11) is -5.78. The van der Waals surface area contributed by atoms with Gasteiger partial charge in [0.25, 0.3) is 16.6 Å². The highest BCUT2D eigenvalue weighted by Gasteiger charge is 2.55. The van der Waals surface area contributed by atoms with Gasteiger partial charge in [0.05, 0.1) is 31.0 Å². The lowest BCUT2D eigenvalue weighted by Crippen LogP contribution is -2.69. The Hall–Kier alpha value is -3.27. The third-order valence-electron chi connectivity index (χ3n) is 12.3. The number of unbranched alkanes of at least 4 members (excludes halogenated alkanes) is 1. The normalized spacial score (nSPS) is 25.3. The van der Waals surface area contributed by atoms with Crippen molar-refractivity contribution in [3.05, 3.63) is 134 Å². The van der Waals surface area contributed by atoms with Gasteiger partial charge in [0.15, 0.2) is 12.6 Å². The average Bonchev–Trinajstić information content (AvgIpc) is 3.24. The van der Waals surface area contributed by atoms with Crippen molar-refractivity contribution in [3.8, 4) is 0 Å². The number of benzene rings is 4. The summed E-state index contributed by atoms with van der Waals surface area (Å²) >= 11 is 0. The van der Waals surface area contributed by atoms with Gasteiger partial charge in [0, 0.05) is 26.1 Å². The van der Waals surface area contributed by atoms with Crippen molar-refractivity contribution >= 4 is 37.4 Å². The first-order valence-corrected chi connectivity index (χ1v) is 26.1. The molecule has 0 spiro atoms. The van der Waals surface area contributed by atoms with E-state index in [4.69, 9.17) is 32.5 Å². The SMILES string of the molecule is C=CCO[C@H]1[C@H](C)O[C@@H](OCCCCO[C@H]2C[C@H](O[Si](c3ccccc3)(c3ccccc3)C(C)(C)C)[C@@H](O)[C@H](C)O2)C[C@@H]1O[Si](c1ccccc1)(c1ccccc1)C(C)(C)C. The van der Waals surface area contributed by atoms with Crippen molar-refractivity contribution in [2.75, 3.05) is 19.8 Å². The van der Waals surface area contributed by atoms with Crippen LogP contribution in [0, 0.1) is 0 Å². The van der Waals surface area contributed by atoms with Crippen molar-refractivity contribution < 1.29 is 37.6 Å². The highest BCUT2D eigenvalue weighted by molar-refractivity contribution is 7.00. The second-order valence-corrected chi connectivity index (χ2v) is 27.2. The van der Waals surface area contributed by atoms with Crippen molar-refractivity contribution in [1.82, 2.24) is 0 Å². The highest BCUT2D eigenvalue weighted by Crippen LogP contribution is 2.41. The molecule has 330 valence electrons. The zero-order chi connectivity index (χ0) is 43.7. The molecule has 0 unspecified atom stereocenters. The lowest BCUT2D eigenvalue weighted by molar-refractivity contribution is -0.252. The monoisotopic (exact) mass is 866 g/mol. The molecule has 2 fully saturated rings. The summed E-state index contributed by atoms with van der Waals surface area (Å²) in [6.45, 7) is 22.9. The van der Waals surface area contributed by atoms with Crippen LogP contribution in [0.15, 0.2) is 134 Å². The summed E-state index contributed by atoms with van der Waals surface area (Å²) in [6, 6.07) is 42.5. The van der Waals surface area contributed by atoms with Crippen LogP contribution in [0.4, 0.5) is 0 Å². The molecule has 61 heavy (non-hydrogen) atoms. The summed E-state index contributed by atoms with van der Waals surface area (Å²) in [6.07, 6.45) is 0.801. The van der Waals surface area contributed by atoms with E-state index in [1.54, 1.807) is 6.08 Å². The van der Waals surface area contributed by atoms with Crippen molar-refractivity contribution in [3.63, 3.8) is 0 Å². The molecule has 8 atom stereocenters. The molecule has 0 radical (unpaired) electrons. The van der Waals surface area contributed by atoms with E-state index < -0.39 is 47.5 Å². The highest BCUT2D eigenvalue weighted by atomic mass is 28.4. The Morgan fingerprint density at radius 1 is 0.574 bits per heavy atom. The largest absolute Gasteiger partial charge is 0.402 e. The molecule has 2 aliphatic heterocycles. The van der Waals surface area contributed by atoms with E-state index in [9.17, 15) is 5.11 Å². The maximum atomic E-state index is 11.5. The minimum Gasteiger partial charge on any atom is -0.402 e. The fourth-order valence-corrected chi connectivity index (χ4v) is 18.7. The van der Waals surface area contributed by atoms with Crippen LogP contribution in [0.5, 0.6) is 0 Å². The minimum atomic E-state index is -2.90. The van der Waals surface area contributed by atoms with Crippen molar-refractivity contribution in [1.29, 1.82) is 0 Å². The van der Waals surface area contributed by atoms with Gasteiger partial charge in [0.2, 0.25) is 0 Å². The molecular weight excluding hydrogens is 797 g/mol. The van der Waals surface area contributed by atoms with Gasteiger partial charge < -0.3 is 37.6 Å². The zero-order valence-corrected chi connectivity index (χ0v) is 39.7. The molecule has 4 aromatic rings. The summed E-state index contributed by atoms with van der Waals surface area (Å²) < 4.78 is 46.9. The second-order valence-electron chi connectivity index (χ2n) is 18.7.